The topological polar surface area (TPSA) is 95.6 Å². The number of hydrogen-bond donors (Lipinski definition) is 3. The summed E-state index contributed by atoms with van der Waals surface area (Å²) in [4.78, 5) is 4.17. The molecule has 0 aliphatic carbocycles. The summed E-state index contributed by atoms with van der Waals surface area (Å²) in [6, 6.07) is 4.01. The van der Waals surface area contributed by atoms with E-state index in [1.54, 1.807) is 0 Å². The molecule has 0 spiro atoms. The number of benzene rings is 1. The molecule has 0 bridgehead atoms. The molecule has 0 saturated heterocycles. The lowest BCUT2D eigenvalue weighted by Crippen LogP contribution is -2.22. The second kappa shape index (κ2) is 8.64. The monoisotopic (exact) mass is 331 g/mol. The fourth-order valence-corrected chi connectivity index (χ4v) is 2.00. The Balaban J connectivity index is 2.22. The van der Waals surface area contributed by atoms with E-state index in [0.29, 0.717) is 18.1 Å². The molecule has 0 unspecified atom stereocenters. The zero-order valence-corrected chi connectivity index (χ0v) is 13.2. The molecule has 0 saturated carbocycles. The summed E-state index contributed by atoms with van der Waals surface area (Å²) in [6.07, 6.45) is 8.37. The van der Waals surface area contributed by atoms with E-state index in [9.17, 15) is 9.60 Å². The Morgan fingerprint density at radius 2 is 2.25 bits per heavy atom. The number of hydroxylamine groups is 1. The molecule has 2 rings (SSSR count). The minimum absolute atomic E-state index is 0.00354. The van der Waals surface area contributed by atoms with Gasteiger partial charge in [0.05, 0.1) is 11.3 Å². The number of aliphatic imine (C=N–C) groups is 1. The first-order valence-electron chi connectivity index (χ1n) is 7.51. The number of anilines is 1. The zero-order valence-electron chi connectivity index (χ0n) is 13.2. The molecule has 1 aromatic carbocycles. The first-order chi connectivity index (χ1) is 11.7. The van der Waals surface area contributed by atoms with Crippen LogP contribution in [0, 0.1) is 18.2 Å². The van der Waals surface area contributed by atoms with E-state index < -0.39 is 5.82 Å². The van der Waals surface area contributed by atoms with Crippen molar-refractivity contribution in [3.8, 4) is 12.3 Å². The van der Waals surface area contributed by atoms with Crippen molar-refractivity contribution in [2.45, 2.75) is 26.2 Å². The molecule has 0 fully saturated rings. The Kier molecular flexibility index (Phi) is 6.28. The molecule has 8 heteroatoms. The largest absolute Gasteiger partial charge is 0.365 e. The molecule has 126 valence electrons. The van der Waals surface area contributed by atoms with Crippen LogP contribution in [0.3, 0.4) is 0 Å². The van der Waals surface area contributed by atoms with Gasteiger partial charge in [0.2, 0.25) is 5.82 Å². The number of nitrogens with zero attached hydrogens (tertiary/aromatic N) is 3. The van der Waals surface area contributed by atoms with Gasteiger partial charge in [0.1, 0.15) is 5.82 Å². The maximum Gasteiger partial charge on any atom is 0.202 e. The lowest BCUT2D eigenvalue weighted by Gasteiger charge is -2.05. The predicted molar refractivity (Wildman–Crippen MR) is 87.8 cm³/mol. The summed E-state index contributed by atoms with van der Waals surface area (Å²) in [7, 11) is 0. The summed E-state index contributed by atoms with van der Waals surface area (Å²) in [5.74, 6) is 2.07. The average molecular weight is 331 g/mol. The third kappa shape index (κ3) is 4.30. The zero-order chi connectivity index (χ0) is 17.4. The standard InChI is InChI=1S/C16H18FN5O2/c1-3-5-6-9-18-15-14(21-24-22-15)16(20-23)19-12-7-8-13(17)11(4-2)10-12/h2,7-8,10,23H,3,5-6,9H2,1H3,(H,18,22)(H,19,20). The first-order valence-corrected chi connectivity index (χ1v) is 7.51. The van der Waals surface area contributed by atoms with Crippen molar-refractivity contribution in [3.63, 3.8) is 0 Å². The van der Waals surface area contributed by atoms with Crippen molar-refractivity contribution in [2.24, 2.45) is 4.99 Å². The lowest BCUT2D eigenvalue weighted by molar-refractivity contribution is 0.234. The smallest absolute Gasteiger partial charge is 0.202 e. The van der Waals surface area contributed by atoms with Gasteiger partial charge in [0.25, 0.3) is 0 Å². The molecule has 0 aliphatic rings. The van der Waals surface area contributed by atoms with Crippen molar-refractivity contribution in [1.29, 1.82) is 0 Å². The average Bonchev–Trinajstić information content (AvgIpc) is 3.06. The normalized spacial score (nSPS) is 11.2. The van der Waals surface area contributed by atoms with E-state index in [4.69, 9.17) is 11.1 Å². The molecular formula is C16H18FN5O2. The molecule has 7 nitrogen and oxygen atoms in total. The van der Waals surface area contributed by atoms with Crippen LogP contribution in [0.4, 0.5) is 15.9 Å². The van der Waals surface area contributed by atoms with Crippen molar-refractivity contribution in [2.75, 3.05) is 11.9 Å². The van der Waals surface area contributed by atoms with Crippen LogP contribution >= 0.6 is 0 Å². The third-order valence-corrected chi connectivity index (χ3v) is 3.24. The number of terminal acetylenes is 1. The van der Waals surface area contributed by atoms with Crippen LogP contribution in [-0.4, -0.2) is 27.9 Å². The SMILES string of the molecule is C#Cc1cc(N=C(NO)c2nonc2NCCCCC)ccc1F. The number of nitrogens with one attached hydrogen (secondary N) is 2. The highest BCUT2D eigenvalue weighted by Gasteiger charge is 2.16. The van der Waals surface area contributed by atoms with E-state index in [0.717, 1.165) is 19.3 Å². The lowest BCUT2D eigenvalue weighted by atomic mass is 10.2. The highest BCUT2D eigenvalue weighted by atomic mass is 19.1. The van der Waals surface area contributed by atoms with Gasteiger partial charge in [-0.2, -0.15) is 0 Å². The van der Waals surface area contributed by atoms with Gasteiger partial charge in [-0.25, -0.2) is 14.0 Å². The fraction of sp³-hybridized carbons (Fsp3) is 0.312. The van der Waals surface area contributed by atoms with E-state index in [1.807, 2.05) is 5.48 Å². The summed E-state index contributed by atoms with van der Waals surface area (Å²) in [5, 5.41) is 19.9. The predicted octanol–water partition coefficient (Wildman–Crippen LogP) is 2.85. The van der Waals surface area contributed by atoms with Gasteiger partial charge in [-0.3, -0.25) is 10.7 Å². The molecule has 0 atom stereocenters. The van der Waals surface area contributed by atoms with E-state index >= 15 is 0 Å². The van der Waals surface area contributed by atoms with Crippen LogP contribution in [0.1, 0.15) is 37.4 Å². The summed E-state index contributed by atoms with van der Waals surface area (Å²) in [5.41, 5.74) is 2.58. The van der Waals surface area contributed by atoms with Crippen molar-refractivity contribution in [1.82, 2.24) is 15.8 Å². The van der Waals surface area contributed by atoms with Gasteiger partial charge in [0.15, 0.2) is 11.5 Å². The van der Waals surface area contributed by atoms with Gasteiger partial charge in [0, 0.05) is 6.54 Å². The Bertz CT molecular complexity index is 751. The fourth-order valence-electron chi connectivity index (χ4n) is 2.00. The van der Waals surface area contributed by atoms with Gasteiger partial charge >= 0.3 is 0 Å². The number of halogens is 1. The molecule has 0 amide bonds. The third-order valence-electron chi connectivity index (χ3n) is 3.24. The quantitative estimate of drug-likeness (QED) is 0.237. The number of hydrogen-bond acceptors (Lipinski definition) is 6. The van der Waals surface area contributed by atoms with Crippen molar-refractivity contribution < 1.29 is 14.2 Å². The Morgan fingerprint density at radius 3 is 2.96 bits per heavy atom. The highest BCUT2D eigenvalue weighted by molar-refractivity contribution is 6.01. The van der Waals surface area contributed by atoms with Crippen LogP contribution in [0.2, 0.25) is 0 Å². The van der Waals surface area contributed by atoms with Crippen LogP contribution in [0.25, 0.3) is 0 Å². The van der Waals surface area contributed by atoms with Crippen molar-refractivity contribution in [3.05, 3.63) is 35.3 Å². The molecular weight excluding hydrogens is 313 g/mol. The molecule has 1 heterocycles. The molecule has 0 radical (unpaired) electrons. The van der Waals surface area contributed by atoms with Gasteiger partial charge in [-0.05, 0) is 34.9 Å². The molecule has 24 heavy (non-hydrogen) atoms. The molecule has 3 N–H and O–H groups in total. The van der Waals surface area contributed by atoms with E-state index in [-0.39, 0.29) is 17.1 Å². The van der Waals surface area contributed by atoms with Gasteiger partial charge in [-0.1, -0.05) is 25.7 Å². The van der Waals surface area contributed by atoms with Crippen LogP contribution < -0.4 is 10.8 Å². The number of aromatic nitrogens is 2. The van der Waals surface area contributed by atoms with E-state index in [1.165, 1.54) is 18.2 Å². The molecule has 2 aromatic rings. The van der Waals surface area contributed by atoms with Crippen LogP contribution in [0.5, 0.6) is 0 Å². The van der Waals surface area contributed by atoms with Crippen LogP contribution in [0.15, 0.2) is 27.8 Å². The van der Waals surface area contributed by atoms with Gasteiger partial charge < -0.3 is 5.32 Å². The maximum atomic E-state index is 13.4. The second-order valence-corrected chi connectivity index (χ2v) is 4.98. The highest BCUT2D eigenvalue weighted by Crippen LogP contribution is 2.19. The maximum absolute atomic E-state index is 13.4. The summed E-state index contributed by atoms with van der Waals surface area (Å²) in [6.45, 7) is 2.79. The summed E-state index contributed by atoms with van der Waals surface area (Å²) >= 11 is 0. The second-order valence-electron chi connectivity index (χ2n) is 4.98. The van der Waals surface area contributed by atoms with Gasteiger partial charge in [-0.15, -0.1) is 6.42 Å². The molecule has 0 aliphatic heterocycles. The molecule has 1 aromatic heterocycles. The minimum Gasteiger partial charge on any atom is -0.365 e. The Morgan fingerprint density at radius 1 is 1.42 bits per heavy atom. The van der Waals surface area contributed by atoms with E-state index in [2.05, 4.69) is 33.5 Å². The Hall–Kier alpha value is -2.92. The Labute approximate surface area is 138 Å². The van der Waals surface area contributed by atoms with Crippen LogP contribution in [-0.2, 0) is 0 Å². The number of unbranched alkanes of at least 4 members (excludes halogenated alkanes) is 2. The summed E-state index contributed by atoms with van der Waals surface area (Å²) < 4.78 is 18.1. The minimum atomic E-state index is -0.517. The number of rotatable bonds is 7. The first kappa shape index (κ1) is 17.4. The number of amidine groups is 1. The van der Waals surface area contributed by atoms with Crippen molar-refractivity contribution >= 4 is 17.3 Å².